The fourth-order valence-corrected chi connectivity index (χ4v) is 6.56. The minimum absolute atomic E-state index is 0.125. The molecule has 0 amide bonds. The molecule has 9 heteroatoms. The van der Waals surface area contributed by atoms with Crippen LogP contribution >= 0.6 is 0 Å². The maximum atomic E-state index is 14.2. The average Bonchev–Trinajstić information content (AvgIpc) is 3.52. The second-order valence-electron chi connectivity index (χ2n) is 8.95. The highest BCUT2D eigenvalue weighted by molar-refractivity contribution is 7.92. The van der Waals surface area contributed by atoms with E-state index in [1.807, 2.05) is 0 Å². The summed E-state index contributed by atoms with van der Waals surface area (Å²) in [6.07, 6.45) is 4.09. The smallest absolute Gasteiger partial charge is 0.270 e. The van der Waals surface area contributed by atoms with Crippen LogP contribution in [0.5, 0.6) is 0 Å². The highest BCUT2D eigenvalue weighted by atomic mass is 32.2. The van der Waals surface area contributed by atoms with Crippen molar-refractivity contribution in [3.8, 4) is 0 Å². The Bertz CT molecular complexity index is 1140. The first-order valence-corrected chi connectivity index (χ1v) is 12.0. The molecule has 0 aromatic heterocycles. The standard InChI is InChI=1S/C22H24FN3O4S/c23-17-6-7-21-20(12-17)22(8-10-24(11-9-22)14-16-4-5-16)15-25(21)31(29,30)19-3-1-2-18(13-19)26(27)28/h1-3,6-7,12-13,16H,4-5,8-11,14-15H2. The second-order valence-corrected chi connectivity index (χ2v) is 10.8. The maximum absolute atomic E-state index is 14.2. The molecular formula is C22H24FN3O4S. The van der Waals surface area contributed by atoms with Gasteiger partial charge in [0.05, 0.1) is 15.5 Å². The summed E-state index contributed by atoms with van der Waals surface area (Å²) in [6.45, 7) is 3.03. The molecule has 1 aliphatic carbocycles. The van der Waals surface area contributed by atoms with Gasteiger partial charge >= 0.3 is 0 Å². The number of hydrogen-bond donors (Lipinski definition) is 0. The Hall–Kier alpha value is -2.52. The van der Waals surface area contributed by atoms with E-state index in [4.69, 9.17) is 0 Å². The van der Waals surface area contributed by atoms with Gasteiger partial charge in [0.1, 0.15) is 5.82 Å². The second kappa shape index (κ2) is 7.27. The van der Waals surface area contributed by atoms with E-state index in [2.05, 4.69) is 4.90 Å². The third-order valence-corrected chi connectivity index (χ3v) is 8.64. The number of halogens is 1. The number of likely N-dealkylation sites (tertiary alicyclic amines) is 1. The fraction of sp³-hybridized carbons (Fsp3) is 0.455. The zero-order chi connectivity index (χ0) is 21.8. The molecule has 7 nitrogen and oxygen atoms in total. The van der Waals surface area contributed by atoms with E-state index in [0.717, 1.165) is 50.0 Å². The van der Waals surface area contributed by atoms with Crippen LogP contribution in [0.1, 0.15) is 31.2 Å². The number of non-ortho nitro benzene ring substituents is 1. The van der Waals surface area contributed by atoms with Crippen molar-refractivity contribution in [2.24, 2.45) is 5.92 Å². The molecule has 5 rings (SSSR count). The first-order valence-electron chi connectivity index (χ1n) is 10.6. The van der Waals surface area contributed by atoms with Crippen molar-refractivity contribution in [3.63, 3.8) is 0 Å². The van der Waals surface area contributed by atoms with Crippen LogP contribution in [0.3, 0.4) is 0 Å². The van der Waals surface area contributed by atoms with Gasteiger partial charge in [-0.2, -0.15) is 0 Å². The quantitative estimate of drug-likeness (QED) is 0.518. The molecule has 2 fully saturated rings. The Kier molecular flexibility index (Phi) is 4.78. The predicted octanol–water partition coefficient (Wildman–Crippen LogP) is 3.69. The molecule has 0 N–H and O–H groups in total. The number of fused-ring (bicyclic) bond motifs is 2. The van der Waals surface area contributed by atoms with Gasteiger partial charge in [0.15, 0.2) is 0 Å². The lowest BCUT2D eigenvalue weighted by Crippen LogP contribution is -2.46. The highest BCUT2D eigenvalue weighted by Gasteiger charge is 2.48. The number of sulfonamides is 1. The molecule has 0 radical (unpaired) electrons. The van der Waals surface area contributed by atoms with E-state index in [1.165, 1.54) is 53.5 Å². The van der Waals surface area contributed by atoms with E-state index in [1.54, 1.807) is 0 Å². The molecule has 0 atom stereocenters. The van der Waals surface area contributed by atoms with Crippen molar-refractivity contribution in [2.45, 2.75) is 36.0 Å². The van der Waals surface area contributed by atoms with Gasteiger partial charge in [-0.05, 0) is 74.5 Å². The van der Waals surface area contributed by atoms with Gasteiger partial charge in [0.25, 0.3) is 15.7 Å². The van der Waals surface area contributed by atoms with Crippen LogP contribution in [0, 0.1) is 21.8 Å². The SMILES string of the molecule is O=[N+]([O-])c1cccc(S(=O)(=O)N2CC3(CCN(CC4CC4)CC3)c3cc(F)ccc32)c1. The zero-order valence-electron chi connectivity index (χ0n) is 17.0. The molecule has 2 aromatic rings. The van der Waals surface area contributed by atoms with E-state index in [9.17, 15) is 22.9 Å². The molecule has 164 valence electrons. The summed E-state index contributed by atoms with van der Waals surface area (Å²) in [6, 6.07) is 9.36. The number of nitro benzene ring substituents is 1. The Balaban J connectivity index is 1.49. The van der Waals surface area contributed by atoms with Crippen LogP contribution in [-0.2, 0) is 15.4 Å². The lowest BCUT2D eigenvalue weighted by atomic mass is 9.74. The zero-order valence-corrected chi connectivity index (χ0v) is 17.9. The van der Waals surface area contributed by atoms with E-state index >= 15 is 0 Å². The molecule has 1 spiro atoms. The predicted molar refractivity (Wildman–Crippen MR) is 114 cm³/mol. The van der Waals surface area contributed by atoms with Gasteiger partial charge in [-0.25, -0.2) is 12.8 Å². The topological polar surface area (TPSA) is 83.8 Å². The lowest BCUT2D eigenvalue weighted by molar-refractivity contribution is -0.385. The number of nitrogens with zero attached hydrogens (tertiary/aromatic N) is 3. The summed E-state index contributed by atoms with van der Waals surface area (Å²) in [7, 11) is -4.03. The number of hydrogen-bond acceptors (Lipinski definition) is 5. The number of nitro groups is 1. The molecule has 2 aromatic carbocycles. The molecule has 31 heavy (non-hydrogen) atoms. The first kappa shape index (κ1) is 20.4. The van der Waals surface area contributed by atoms with Gasteiger partial charge in [-0.1, -0.05) is 6.07 Å². The lowest BCUT2D eigenvalue weighted by Gasteiger charge is -2.40. The minimum atomic E-state index is -4.03. The Morgan fingerprint density at radius 2 is 1.87 bits per heavy atom. The van der Waals surface area contributed by atoms with Gasteiger partial charge < -0.3 is 4.90 Å². The van der Waals surface area contributed by atoms with E-state index < -0.39 is 20.4 Å². The van der Waals surface area contributed by atoms with Crippen molar-refractivity contribution in [1.82, 2.24) is 4.90 Å². The molecule has 2 heterocycles. The Morgan fingerprint density at radius 3 is 2.55 bits per heavy atom. The normalized spacial score (nSPS) is 20.7. The first-order chi connectivity index (χ1) is 14.8. The Morgan fingerprint density at radius 1 is 1.13 bits per heavy atom. The van der Waals surface area contributed by atoms with Crippen LogP contribution in [0.2, 0.25) is 0 Å². The summed E-state index contributed by atoms with van der Waals surface area (Å²) < 4.78 is 42.5. The molecule has 3 aliphatic rings. The largest absolute Gasteiger partial charge is 0.303 e. The summed E-state index contributed by atoms with van der Waals surface area (Å²) in [5.74, 6) is 0.404. The van der Waals surface area contributed by atoms with Crippen LogP contribution in [0.15, 0.2) is 47.4 Å². The van der Waals surface area contributed by atoms with Crippen molar-refractivity contribution < 1.29 is 17.7 Å². The summed E-state index contributed by atoms with van der Waals surface area (Å²) in [5, 5.41) is 11.1. The molecule has 0 unspecified atom stereocenters. The van der Waals surface area contributed by atoms with E-state index in [-0.39, 0.29) is 22.9 Å². The van der Waals surface area contributed by atoms with Crippen LogP contribution in [0.4, 0.5) is 15.8 Å². The van der Waals surface area contributed by atoms with Crippen molar-refractivity contribution >= 4 is 21.4 Å². The Labute approximate surface area is 180 Å². The minimum Gasteiger partial charge on any atom is -0.303 e. The number of anilines is 1. The maximum Gasteiger partial charge on any atom is 0.270 e. The third kappa shape index (κ3) is 3.59. The molecular weight excluding hydrogens is 421 g/mol. The third-order valence-electron chi connectivity index (χ3n) is 6.89. The van der Waals surface area contributed by atoms with Gasteiger partial charge in [-0.15, -0.1) is 0 Å². The van der Waals surface area contributed by atoms with Gasteiger partial charge in [-0.3, -0.25) is 14.4 Å². The van der Waals surface area contributed by atoms with Crippen molar-refractivity contribution in [2.75, 3.05) is 30.5 Å². The molecule has 1 saturated carbocycles. The molecule has 2 aliphatic heterocycles. The van der Waals surface area contributed by atoms with E-state index in [0.29, 0.717) is 5.69 Å². The summed E-state index contributed by atoms with van der Waals surface area (Å²) >= 11 is 0. The highest BCUT2D eigenvalue weighted by Crippen LogP contribution is 2.49. The van der Waals surface area contributed by atoms with Crippen LogP contribution in [-0.4, -0.2) is 44.4 Å². The number of rotatable bonds is 5. The van der Waals surface area contributed by atoms with Crippen molar-refractivity contribution in [3.05, 3.63) is 64.0 Å². The monoisotopic (exact) mass is 445 g/mol. The van der Waals surface area contributed by atoms with Gasteiger partial charge in [0, 0.05) is 30.6 Å². The van der Waals surface area contributed by atoms with Crippen LogP contribution in [0.25, 0.3) is 0 Å². The van der Waals surface area contributed by atoms with Crippen molar-refractivity contribution in [1.29, 1.82) is 0 Å². The average molecular weight is 446 g/mol. The van der Waals surface area contributed by atoms with Crippen LogP contribution < -0.4 is 4.31 Å². The van der Waals surface area contributed by atoms with Gasteiger partial charge in [0.2, 0.25) is 0 Å². The fourth-order valence-electron chi connectivity index (χ4n) is 4.95. The number of benzene rings is 2. The summed E-state index contributed by atoms with van der Waals surface area (Å²) in [5.41, 5.74) is 0.490. The number of piperidine rings is 1. The molecule has 1 saturated heterocycles. The summed E-state index contributed by atoms with van der Waals surface area (Å²) in [4.78, 5) is 12.8. The molecule has 0 bridgehead atoms.